The van der Waals surface area contributed by atoms with Gasteiger partial charge < -0.3 is 4.98 Å². The quantitative estimate of drug-likeness (QED) is 0.651. The average Bonchev–Trinajstić information content (AvgIpc) is 2.70. The normalized spacial score (nSPS) is 11.1. The van der Waals surface area contributed by atoms with E-state index in [0.29, 0.717) is 16.3 Å². The van der Waals surface area contributed by atoms with Gasteiger partial charge in [-0.1, -0.05) is 17.7 Å². The molecule has 0 unspecified atom stereocenters. The standard InChI is InChI=1S/C14H8ClF2N/c15-10-2-1-8-5-13(18-14(8)6-10)9-3-11(16)7-12(17)4-9/h1-7,18H. The number of fused-ring (bicyclic) bond motifs is 1. The van der Waals surface area contributed by atoms with Gasteiger partial charge in [0.25, 0.3) is 0 Å². The third kappa shape index (κ3) is 1.97. The average molecular weight is 264 g/mol. The van der Waals surface area contributed by atoms with Crippen LogP contribution in [0.15, 0.2) is 42.5 Å². The summed E-state index contributed by atoms with van der Waals surface area (Å²) in [5.41, 5.74) is 1.97. The predicted octanol–water partition coefficient (Wildman–Crippen LogP) is 4.77. The smallest absolute Gasteiger partial charge is 0.126 e. The molecule has 0 aliphatic rings. The summed E-state index contributed by atoms with van der Waals surface area (Å²) in [7, 11) is 0. The molecule has 0 aliphatic carbocycles. The molecular weight excluding hydrogens is 256 g/mol. The zero-order valence-electron chi connectivity index (χ0n) is 9.18. The van der Waals surface area contributed by atoms with Gasteiger partial charge in [0.15, 0.2) is 0 Å². The molecule has 0 saturated heterocycles. The summed E-state index contributed by atoms with van der Waals surface area (Å²) in [4.78, 5) is 3.09. The molecule has 1 heterocycles. The maximum atomic E-state index is 13.2. The second-order valence-electron chi connectivity index (χ2n) is 4.07. The number of aromatic amines is 1. The first kappa shape index (κ1) is 11.2. The zero-order valence-corrected chi connectivity index (χ0v) is 9.93. The third-order valence-corrected chi connectivity index (χ3v) is 2.99. The van der Waals surface area contributed by atoms with E-state index in [0.717, 1.165) is 17.0 Å². The number of benzene rings is 2. The Morgan fingerprint density at radius 1 is 0.889 bits per heavy atom. The van der Waals surface area contributed by atoms with E-state index in [-0.39, 0.29) is 0 Å². The van der Waals surface area contributed by atoms with E-state index < -0.39 is 11.6 Å². The van der Waals surface area contributed by atoms with Crippen molar-refractivity contribution < 1.29 is 8.78 Å². The van der Waals surface area contributed by atoms with Crippen molar-refractivity contribution in [3.05, 3.63) is 59.1 Å². The van der Waals surface area contributed by atoms with Crippen LogP contribution in [0.2, 0.25) is 5.02 Å². The zero-order chi connectivity index (χ0) is 12.7. The Morgan fingerprint density at radius 2 is 1.61 bits per heavy atom. The van der Waals surface area contributed by atoms with Gasteiger partial charge in [-0.25, -0.2) is 8.78 Å². The molecule has 0 fully saturated rings. The molecule has 0 bridgehead atoms. The molecule has 3 rings (SSSR count). The summed E-state index contributed by atoms with van der Waals surface area (Å²) in [6.07, 6.45) is 0. The van der Waals surface area contributed by atoms with Crippen molar-refractivity contribution in [1.29, 1.82) is 0 Å². The Hall–Kier alpha value is -1.87. The summed E-state index contributed by atoms with van der Waals surface area (Å²) in [6.45, 7) is 0. The van der Waals surface area contributed by atoms with Crippen LogP contribution < -0.4 is 0 Å². The highest BCUT2D eigenvalue weighted by atomic mass is 35.5. The molecule has 3 aromatic rings. The van der Waals surface area contributed by atoms with Crippen molar-refractivity contribution in [3.63, 3.8) is 0 Å². The van der Waals surface area contributed by atoms with Gasteiger partial charge >= 0.3 is 0 Å². The first-order chi connectivity index (χ1) is 8.61. The number of nitrogens with one attached hydrogen (secondary N) is 1. The molecule has 0 radical (unpaired) electrons. The molecule has 0 amide bonds. The van der Waals surface area contributed by atoms with E-state index in [9.17, 15) is 8.78 Å². The molecule has 1 aromatic heterocycles. The fourth-order valence-corrected chi connectivity index (χ4v) is 2.14. The highest BCUT2D eigenvalue weighted by Crippen LogP contribution is 2.27. The minimum atomic E-state index is -0.596. The molecule has 0 aliphatic heterocycles. The second-order valence-corrected chi connectivity index (χ2v) is 4.51. The highest BCUT2D eigenvalue weighted by molar-refractivity contribution is 6.31. The molecule has 90 valence electrons. The number of hydrogen-bond donors (Lipinski definition) is 1. The third-order valence-electron chi connectivity index (χ3n) is 2.76. The molecular formula is C14H8ClF2N. The molecule has 0 saturated carbocycles. The fraction of sp³-hybridized carbons (Fsp3) is 0. The number of H-pyrrole nitrogens is 1. The van der Waals surface area contributed by atoms with E-state index in [1.54, 1.807) is 12.1 Å². The largest absolute Gasteiger partial charge is 0.354 e. The van der Waals surface area contributed by atoms with Crippen LogP contribution in [-0.4, -0.2) is 4.98 Å². The van der Waals surface area contributed by atoms with E-state index in [2.05, 4.69) is 4.98 Å². The van der Waals surface area contributed by atoms with Gasteiger partial charge in [0.2, 0.25) is 0 Å². The van der Waals surface area contributed by atoms with Gasteiger partial charge in [0.1, 0.15) is 11.6 Å². The lowest BCUT2D eigenvalue weighted by Gasteiger charge is -1.98. The maximum absolute atomic E-state index is 13.2. The Morgan fingerprint density at radius 3 is 2.33 bits per heavy atom. The lowest BCUT2D eigenvalue weighted by molar-refractivity contribution is 0.584. The van der Waals surface area contributed by atoms with E-state index in [1.165, 1.54) is 12.1 Å². The van der Waals surface area contributed by atoms with Crippen molar-refractivity contribution in [2.45, 2.75) is 0 Å². The van der Waals surface area contributed by atoms with Gasteiger partial charge in [-0.05, 0) is 30.3 Å². The molecule has 0 atom stereocenters. The van der Waals surface area contributed by atoms with Crippen LogP contribution >= 0.6 is 11.6 Å². The van der Waals surface area contributed by atoms with Gasteiger partial charge in [-0.15, -0.1) is 0 Å². The van der Waals surface area contributed by atoms with Gasteiger partial charge in [-0.3, -0.25) is 0 Å². The van der Waals surface area contributed by atoms with Crippen LogP contribution in [0.4, 0.5) is 8.78 Å². The van der Waals surface area contributed by atoms with Crippen LogP contribution in [0, 0.1) is 11.6 Å². The summed E-state index contributed by atoms with van der Waals surface area (Å²) in [6, 6.07) is 10.7. The molecule has 2 aromatic carbocycles. The van der Waals surface area contributed by atoms with Gasteiger partial charge in [-0.2, -0.15) is 0 Å². The van der Waals surface area contributed by atoms with Gasteiger partial charge in [0.05, 0.1) is 0 Å². The summed E-state index contributed by atoms with van der Waals surface area (Å²) < 4.78 is 26.3. The van der Waals surface area contributed by atoms with E-state index in [1.807, 2.05) is 12.1 Å². The SMILES string of the molecule is Fc1cc(F)cc(-c2cc3ccc(Cl)cc3[nH]2)c1. The first-order valence-corrected chi connectivity index (χ1v) is 5.74. The Balaban J connectivity index is 2.19. The van der Waals surface area contributed by atoms with Crippen LogP contribution in [0.3, 0.4) is 0 Å². The maximum Gasteiger partial charge on any atom is 0.126 e. The van der Waals surface area contributed by atoms with Crippen molar-refractivity contribution in [1.82, 2.24) is 4.98 Å². The first-order valence-electron chi connectivity index (χ1n) is 5.36. The monoisotopic (exact) mass is 263 g/mol. The Bertz CT molecular complexity index is 713. The molecule has 1 N–H and O–H groups in total. The molecule has 4 heteroatoms. The van der Waals surface area contributed by atoms with Crippen molar-refractivity contribution in [3.8, 4) is 11.3 Å². The van der Waals surface area contributed by atoms with E-state index >= 15 is 0 Å². The number of rotatable bonds is 1. The summed E-state index contributed by atoms with van der Waals surface area (Å²) >= 11 is 5.88. The second kappa shape index (κ2) is 4.10. The van der Waals surface area contributed by atoms with Crippen molar-refractivity contribution in [2.75, 3.05) is 0 Å². The molecule has 0 spiro atoms. The van der Waals surface area contributed by atoms with Crippen LogP contribution in [-0.2, 0) is 0 Å². The highest BCUT2D eigenvalue weighted by Gasteiger charge is 2.07. The molecule has 18 heavy (non-hydrogen) atoms. The number of halogens is 3. The summed E-state index contributed by atoms with van der Waals surface area (Å²) in [5.74, 6) is -1.19. The van der Waals surface area contributed by atoms with Crippen molar-refractivity contribution >= 4 is 22.5 Å². The van der Waals surface area contributed by atoms with Crippen LogP contribution in [0.5, 0.6) is 0 Å². The van der Waals surface area contributed by atoms with Crippen LogP contribution in [0.1, 0.15) is 0 Å². The number of aromatic nitrogens is 1. The van der Waals surface area contributed by atoms with E-state index in [4.69, 9.17) is 11.6 Å². The Labute approximate surface area is 107 Å². The van der Waals surface area contributed by atoms with Crippen LogP contribution in [0.25, 0.3) is 22.2 Å². The van der Waals surface area contributed by atoms with Gasteiger partial charge in [0, 0.05) is 33.2 Å². The topological polar surface area (TPSA) is 15.8 Å². The summed E-state index contributed by atoms with van der Waals surface area (Å²) in [5, 5.41) is 1.56. The fourth-order valence-electron chi connectivity index (χ4n) is 1.96. The Kier molecular flexibility index (Phi) is 2.56. The minimum absolute atomic E-state index is 0.472. The lowest BCUT2D eigenvalue weighted by Crippen LogP contribution is -1.83. The van der Waals surface area contributed by atoms with Crippen molar-refractivity contribution in [2.24, 2.45) is 0 Å². The predicted molar refractivity (Wildman–Crippen MR) is 68.7 cm³/mol. The molecule has 1 nitrogen and oxygen atoms in total. The minimum Gasteiger partial charge on any atom is -0.354 e. The lowest BCUT2D eigenvalue weighted by atomic mass is 10.1. The number of hydrogen-bond acceptors (Lipinski definition) is 0.